The van der Waals surface area contributed by atoms with E-state index in [9.17, 15) is 46.6 Å². The predicted octanol–water partition coefficient (Wildman–Crippen LogP) is 2.48. The van der Waals surface area contributed by atoms with Crippen LogP contribution in [0.25, 0.3) is 0 Å². The van der Waals surface area contributed by atoms with E-state index in [1.54, 1.807) is 0 Å². The minimum atomic E-state index is -4.88. The molecule has 0 aliphatic heterocycles. The molecule has 0 bridgehead atoms. The van der Waals surface area contributed by atoms with Crippen molar-refractivity contribution in [3.8, 4) is 0 Å². The summed E-state index contributed by atoms with van der Waals surface area (Å²) in [6.45, 7) is 0.389. The number of azo groups is 2. The summed E-state index contributed by atoms with van der Waals surface area (Å²) >= 11 is 0. The first-order valence-corrected chi connectivity index (χ1v) is 18.9. The van der Waals surface area contributed by atoms with Gasteiger partial charge in [0.05, 0.1) is 48.4 Å². The molecule has 294 valence electrons. The van der Waals surface area contributed by atoms with Crippen LogP contribution in [-0.4, -0.2) is 120 Å². The number of benzene rings is 3. The van der Waals surface area contributed by atoms with Gasteiger partial charge >= 0.3 is 0 Å². The number of aliphatic hydroxyl groups excluding tert-OH is 4. The van der Waals surface area contributed by atoms with E-state index < -0.39 is 31.0 Å². The number of nitrogens with one attached hydrogen (secondary N) is 2. The molecule has 0 saturated carbocycles. The molecule has 0 fully saturated rings. The van der Waals surface area contributed by atoms with Crippen molar-refractivity contribution in [3.05, 3.63) is 60.7 Å². The van der Waals surface area contributed by atoms with Crippen molar-refractivity contribution in [1.82, 2.24) is 15.0 Å². The molecular weight excluding hydrogens is 767 g/mol. The molecule has 1 amide bonds. The first-order chi connectivity index (χ1) is 26.1. The highest BCUT2D eigenvalue weighted by Gasteiger charge is 2.19. The van der Waals surface area contributed by atoms with Crippen LogP contribution in [0.15, 0.2) is 90.9 Å². The summed E-state index contributed by atoms with van der Waals surface area (Å²) in [6, 6.07) is 12.6. The van der Waals surface area contributed by atoms with Crippen molar-refractivity contribution in [2.45, 2.75) is 16.7 Å². The van der Waals surface area contributed by atoms with Gasteiger partial charge in [-0.1, -0.05) is 0 Å². The van der Waals surface area contributed by atoms with Crippen molar-refractivity contribution in [3.63, 3.8) is 0 Å². The molecule has 4 aromatic rings. The second-order valence-electron chi connectivity index (χ2n) is 11.2. The van der Waals surface area contributed by atoms with Gasteiger partial charge in [-0.15, -0.1) is 10.2 Å². The Kier molecular flexibility index (Phi) is 14.7. The average molecular weight is 804 g/mol. The molecule has 1 heterocycles. The van der Waals surface area contributed by atoms with E-state index >= 15 is 0 Å². The van der Waals surface area contributed by atoms with Crippen LogP contribution >= 0.6 is 0 Å². The van der Waals surface area contributed by atoms with Gasteiger partial charge in [-0.3, -0.25) is 13.9 Å². The zero-order valence-corrected chi connectivity index (χ0v) is 30.6. The molecular formula is C31H37N11O11S2. The molecule has 0 aliphatic rings. The number of aliphatic hydroxyl groups is 4. The normalized spacial score (nSPS) is 12.0. The second kappa shape index (κ2) is 19.1. The Morgan fingerprint density at radius 2 is 1.16 bits per heavy atom. The minimum Gasteiger partial charge on any atom is -0.395 e. The van der Waals surface area contributed by atoms with E-state index in [4.69, 9.17) is 4.55 Å². The Morgan fingerprint density at radius 1 is 0.655 bits per heavy atom. The van der Waals surface area contributed by atoms with Gasteiger partial charge in [0.25, 0.3) is 20.2 Å². The number of nitrogens with zero attached hydrogens (tertiary/aromatic N) is 9. The fourth-order valence-corrected chi connectivity index (χ4v) is 5.80. The molecule has 1 aromatic heterocycles. The maximum Gasteiger partial charge on any atom is 0.296 e. The molecule has 24 heteroatoms. The van der Waals surface area contributed by atoms with Gasteiger partial charge in [0.15, 0.2) is 0 Å². The topological polar surface area (TPSA) is 325 Å². The van der Waals surface area contributed by atoms with Crippen LogP contribution in [0.2, 0.25) is 0 Å². The zero-order chi connectivity index (χ0) is 40.2. The number of rotatable bonds is 19. The van der Waals surface area contributed by atoms with Gasteiger partial charge in [0.2, 0.25) is 23.8 Å². The number of hydrogen-bond donors (Lipinski definition) is 8. The van der Waals surface area contributed by atoms with E-state index in [2.05, 4.69) is 46.0 Å². The van der Waals surface area contributed by atoms with Crippen LogP contribution in [0, 0.1) is 0 Å². The SMILES string of the molecule is CC(=O)Nc1cc(Nc2nc(N(CCO)CCO)nc(N(CCO)CCO)n2)ccc1N=Nc1ccc(N=Nc2ccc(S(=O)(=O)O)cc2)cc1S(=O)(=O)O. The van der Waals surface area contributed by atoms with Gasteiger partial charge in [0, 0.05) is 38.8 Å². The molecule has 0 aliphatic carbocycles. The minimum absolute atomic E-state index is 0.0185. The van der Waals surface area contributed by atoms with E-state index in [0.29, 0.717) is 5.69 Å². The third-order valence-electron chi connectivity index (χ3n) is 7.12. The lowest BCUT2D eigenvalue weighted by Gasteiger charge is -2.25. The lowest BCUT2D eigenvalue weighted by Crippen LogP contribution is -2.34. The van der Waals surface area contributed by atoms with Gasteiger partial charge in [0.1, 0.15) is 16.3 Å². The molecule has 0 radical (unpaired) electrons. The summed E-state index contributed by atoms with van der Waals surface area (Å²) < 4.78 is 66.2. The lowest BCUT2D eigenvalue weighted by atomic mass is 10.2. The standard InChI is InChI=1S/C31H37N11O11S2/c1-20(47)32-27-18-22(33-29-34-30(41(10-14-43)11-15-44)36-31(35-29)42(12-16-45)13-17-46)4-8-25(27)39-40-26-9-5-23(19-28(26)55(51,52)53)38-37-21-2-6-24(7-3-21)54(48,49)50/h2-9,18-19,43-46H,10-17H2,1H3,(H,32,47)(H,48,49,50)(H,51,52,53)(H,33,34,35,36). The Balaban J connectivity index is 1.67. The van der Waals surface area contributed by atoms with Crippen LogP contribution in [-0.2, 0) is 25.0 Å². The molecule has 22 nitrogen and oxygen atoms in total. The van der Waals surface area contributed by atoms with Crippen LogP contribution < -0.4 is 20.4 Å². The van der Waals surface area contributed by atoms with E-state index in [0.717, 1.165) is 18.2 Å². The highest BCUT2D eigenvalue weighted by molar-refractivity contribution is 7.86. The van der Waals surface area contributed by atoms with Crippen molar-refractivity contribution in [2.75, 3.05) is 73.0 Å². The molecule has 0 saturated heterocycles. The van der Waals surface area contributed by atoms with E-state index in [-0.39, 0.29) is 104 Å². The zero-order valence-electron chi connectivity index (χ0n) is 29.0. The Morgan fingerprint density at radius 3 is 1.67 bits per heavy atom. The fraction of sp³-hybridized carbons (Fsp3) is 0.290. The number of hydrogen-bond acceptors (Lipinski definition) is 19. The number of anilines is 5. The van der Waals surface area contributed by atoms with Gasteiger partial charge in [-0.05, 0) is 60.7 Å². The lowest BCUT2D eigenvalue weighted by molar-refractivity contribution is -0.114. The van der Waals surface area contributed by atoms with Crippen LogP contribution in [0.3, 0.4) is 0 Å². The van der Waals surface area contributed by atoms with Crippen LogP contribution in [0.4, 0.5) is 52.0 Å². The van der Waals surface area contributed by atoms with Gasteiger partial charge < -0.3 is 40.9 Å². The Hall–Kier alpha value is -5.60. The number of amides is 1. The molecule has 55 heavy (non-hydrogen) atoms. The quantitative estimate of drug-likeness (QED) is 0.0498. The third kappa shape index (κ3) is 12.2. The van der Waals surface area contributed by atoms with Crippen molar-refractivity contribution in [1.29, 1.82) is 0 Å². The predicted molar refractivity (Wildman–Crippen MR) is 197 cm³/mol. The molecule has 3 aromatic carbocycles. The Labute approximate surface area is 314 Å². The summed E-state index contributed by atoms with van der Waals surface area (Å²) in [7, 11) is -9.31. The van der Waals surface area contributed by atoms with Gasteiger partial charge in [-0.25, -0.2) is 0 Å². The summed E-state index contributed by atoms with van der Waals surface area (Å²) in [5, 5.41) is 59.7. The maximum atomic E-state index is 12.3. The molecule has 0 atom stereocenters. The summed E-state index contributed by atoms with van der Waals surface area (Å²) in [5.41, 5.74) is 0.324. The van der Waals surface area contributed by atoms with E-state index in [1.165, 1.54) is 59.2 Å². The highest BCUT2D eigenvalue weighted by atomic mass is 32.2. The average Bonchev–Trinajstić information content (AvgIpc) is 3.12. The van der Waals surface area contributed by atoms with Crippen molar-refractivity contribution in [2.24, 2.45) is 20.5 Å². The summed E-state index contributed by atoms with van der Waals surface area (Å²) in [5.74, 6) is -0.373. The molecule has 0 spiro atoms. The van der Waals surface area contributed by atoms with E-state index in [1.807, 2.05) is 0 Å². The number of carbonyl (C=O) groups is 1. The third-order valence-corrected chi connectivity index (χ3v) is 8.87. The van der Waals surface area contributed by atoms with Crippen molar-refractivity contribution >= 4 is 78.1 Å². The van der Waals surface area contributed by atoms with Gasteiger partial charge in [-0.2, -0.15) is 42.0 Å². The molecule has 8 N–H and O–H groups in total. The fourth-order valence-electron chi connectivity index (χ4n) is 4.68. The molecule has 0 unspecified atom stereocenters. The Bertz CT molecular complexity index is 2200. The van der Waals surface area contributed by atoms with Crippen LogP contribution in [0.5, 0.6) is 0 Å². The summed E-state index contributed by atoms with van der Waals surface area (Å²) in [4.78, 5) is 27.3. The van der Waals surface area contributed by atoms with Crippen molar-refractivity contribution < 1.29 is 51.2 Å². The highest BCUT2D eigenvalue weighted by Crippen LogP contribution is 2.35. The number of carbonyl (C=O) groups excluding carboxylic acids is 1. The monoisotopic (exact) mass is 803 g/mol. The number of aromatic nitrogens is 3. The largest absolute Gasteiger partial charge is 0.395 e. The molecule has 4 rings (SSSR count). The van der Waals surface area contributed by atoms with Crippen LogP contribution in [0.1, 0.15) is 6.92 Å². The second-order valence-corrected chi connectivity index (χ2v) is 14.0. The maximum absolute atomic E-state index is 12.3. The smallest absolute Gasteiger partial charge is 0.296 e. The first kappa shape index (κ1) is 42.1. The summed E-state index contributed by atoms with van der Waals surface area (Å²) in [6.07, 6.45) is 0. The first-order valence-electron chi connectivity index (χ1n) is 16.1.